The number of hydrogen-bond donors (Lipinski definition) is 1. The van der Waals surface area contributed by atoms with Crippen molar-refractivity contribution in [3.63, 3.8) is 0 Å². The molecule has 2 fully saturated rings. The van der Waals surface area contributed by atoms with Gasteiger partial charge in [0.05, 0.1) is 30.1 Å². The first-order valence-electron chi connectivity index (χ1n) is 10.6. The van der Waals surface area contributed by atoms with E-state index >= 15 is 0 Å². The molecular weight excluding hydrogens is 368 g/mol. The molecule has 0 amide bonds. The van der Waals surface area contributed by atoms with Gasteiger partial charge >= 0.3 is 0 Å². The van der Waals surface area contributed by atoms with E-state index in [1.54, 1.807) is 0 Å². The van der Waals surface area contributed by atoms with Crippen LogP contribution in [0.1, 0.15) is 68.3 Å². The molecule has 2 aromatic heterocycles. The summed E-state index contributed by atoms with van der Waals surface area (Å²) in [6, 6.07) is 7.94. The lowest BCUT2D eigenvalue weighted by atomic mass is 9.95. The minimum atomic E-state index is 0.0167. The lowest BCUT2D eigenvalue weighted by molar-refractivity contribution is 0.101. The van der Waals surface area contributed by atoms with E-state index in [-0.39, 0.29) is 12.7 Å². The third-order valence-corrected chi connectivity index (χ3v) is 6.04. The average molecular weight is 394 g/mol. The van der Waals surface area contributed by atoms with E-state index in [2.05, 4.69) is 14.8 Å². The molecule has 1 atom stereocenters. The Bertz CT molecular complexity index is 951. The Morgan fingerprint density at radius 2 is 1.86 bits per heavy atom. The van der Waals surface area contributed by atoms with Crippen molar-refractivity contribution in [3.8, 4) is 22.8 Å². The molecule has 1 aliphatic heterocycles. The summed E-state index contributed by atoms with van der Waals surface area (Å²) in [5, 5.41) is 18.2. The first-order valence-corrected chi connectivity index (χ1v) is 10.6. The maximum atomic E-state index is 9.23. The number of hydrogen-bond acceptors (Lipinski definition) is 6. The quantitative estimate of drug-likeness (QED) is 0.688. The highest BCUT2D eigenvalue weighted by Crippen LogP contribution is 2.39. The molecule has 1 saturated carbocycles. The second-order valence-electron chi connectivity index (χ2n) is 7.96. The third-order valence-electron chi connectivity index (χ3n) is 6.04. The molecule has 2 aliphatic rings. The van der Waals surface area contributed by atoms with Crippen molar-refractivity contribution in [1.82, 2.24) is 19.9 Å². The lowest BCUT2D eigenvalue weighted by Crippen LogP contribution is -2.18. The van der Waals surface area contributed by atoms with Gasteiger partial charge in [-0.3, -0.25) is 4.68 Å². The Labute approximate surface area is 169 Å². The van der Waals surface area contributed by atoms with Crippen LogP contribution in [0.3, 0.4) is 0 Å². The molecule has 7 nitrogen and oxygen atoms in total. The number of benzene rings is 1. The smallest absolute Gasteiger partial charge is 0.261 e. The summed E-state index contributed by atoms with van der Waals surface area (Å²) in [6.07, 6.45) is 10.1. The summed E-state index contributed by atoms with van der Waals surface area (Å²) in [7, 11) is 0. The molecule has 7 heteroatoms. The van der Waals surface area contributed by atoms with Gasteiger partial charge in [-0.2, -0.15) is 10.1 Å². The van der Waals surface area contributed by atoms with Crippen molar-refractivity contribution in [1.29, 1.82) is 0 Å². The number of rotatable bonds is 5. The second kappa shape index (κ2) is 8.08. The van der Waals surface area contributed by atoms with Crippen molar-refractivity contribution in [2.45, 2.75) is 63.7 Å². The zero-order valence-electron chi connectivity index (χ0n) is 16.5. The average Bonchev–Trinajstić information content (AvgIpc) is 3.54. The number of aliphatic hydroxyl groups excluding tert-OH is 1. The molecule has 0 radical (unpaired) electrons. The van der Waals surface area contributed by atoms with Crippen LogP contribution in [0.25, 0.3) is 22.8 Å². The van der Waals surface area contributed by atoms with Gasteiger partial charge in [0.25, 0.3) is 5.89 Å². The molecule has 0 bridgehead atoms. The maximum Gasteiger partial charge on any atom is 0.261 e. The van der Waals surface area contributed by atoms with Crippen LogP contribution >= 0.6 is 0 Å². The number of aromatic nitrogens is 4. The first kappa shape index (κ1) is 18.5. The summed E-state index contributed by atoms with van der Waals surface area (Å²) >= 11 is 0. The first-order chi connectivity index (χ1) is 14.3. The molecule has 1 unspecified atom stereocenters. The predicted molar refractivity (Wildman–Crippen MR) is 107 cm³/mol. The van der Waals surface area contributed by atoms with Gasteiger partial charge in [-0.1, -0.05) is 48.7 Å². The molecule has 3 heterocycles. The fraction of sp³-hybridized carbons (Fsp3) is 0.500. The fourth-order valence-electron chi connectivity index (χ4n) is 4.48. The van der Waals surface area contributed by atoms with Gasteiger partial charge in [-0.25, -0.2) is 0 Å². The van der Waals surface area contributed by atoms with E-state index in [0.29, 0.717) is 17.8 Å². The molecule has 0 spiro atoms. The van der Waals surface area contributed by atoms with Crippen molar-refractivity contribution < 1.29 is 14.4 Å². The van der Waals surface area contributed by atoms with Crippen LogP contribution in [0.4, 0.5) is 0 Å². The zero-order valence-corrected chi connectivity index (χ0v) is 16.5. The summed E-state index contributed by atoms with van der Waals surface area (Å²) in [6.45, 7) is 0.801. The Hall–Kier alpha value is -2.51. The molecular formula is C22H26N4O3. The standard InChI is InChI=1S/C22H26N4O3/c27-14-15-8-10-16(11-9-15)21-24-22(29-25-21)18-13-23-26(17-5-2-1-3-6-17)20(18)19-7-4-12-28-19/h8-11,13,17,19,27H,1-7,12,14H2. The highest BCUT2D eigenvalue weighted by Gasteiger charge is 2.31. The Balaban J connectivity index is 1.50. The van der Waals surface area contributed by atoms with Crippen LogP contribution in [0.2, 0.25) is 0 Å². The summed E-state index contributed by atoms with van der Waals surface area (Å²) in [5.74, 6) is 1.02. The molecule has 5 rings (SSSR count). The van der Waals surface area contributed by atoms with Crippen molar-refractivity contribution in [2.75, 3.05) is 6.61 Å². The minimum Gasteiger partial charge on any atom is -0.392 e. The molecule has 152 valence electrons. The van der Waals surface area contributed by atoms with E-state index < -0.39 is 0 Å². The minimum absolute atomic E-state index is 0.0167. The molecule has 29 heavy (non-hydrogen) atoms. The summed E-state index contributed by atoms with van der Waals surface area (Å²) in [4.78, 5) is 4.65. The molecule has 1 aliphatic carbocycles. The van der Waals surface area contributed by atoms with Crippen molar-refractivity contribution in [2.24, 2.45) is 0 Å². The van der Waals surface area contributed by atoms with Gasteiger partial charge in [-0.15, -0.1) is 0 Å². The van der Waals surface area contributed by atoms with E-state index in [9.17, 15) is 5.11 Å². The van der Waals surface area contributed by atoms with Gasteiger partial charge in [0, 0.05) is 12.2 Å². The Morgan fingerprint density at radius 3 is 2.59 bits per heavy atom. The number of nitrogens with zero attached hydrogens (tertiary/aromatic N) is 4. The maximum absolute atomic E-state index is 9.23. The highest BCUT2D eigenvalue weighted by molar-refractivity contribution is 5.61. The second-order valence-corrected chi connectivity index (χ2v) is 7.96. The van der Waals surface area contributed by atoms with E-state index in [1.807, 2.05) is 30.5 Å². The molecule has 3 aromatic rings. The molecule has 1 saturated heterocycles. The van der Waals surface area contributed by atoms with Gasteiger partial charge in [0.2, 0.25) is 5.82 Å². The van der Waals surface area contributed by atoms with Crippen LogP contribution in [0.15, 0.2) is 35.0 Å². The van der Waals surface area contributed by atoms with Crippen LogP contribution in [0.5, 0.6) is 0 Å². The van der Waals surface area contributed by atoms with Crippen LogP contribution < -0.4 is 0 Å². The zero-order chi connectivity index (χ0) is 19.6. The fourth-order valence-corrected chi connectivity index (χ4v) is 4.48. The summed E-state index contributed by atoms with van der Waals surface area (Å²) in [5.41, 5.74) is 3.68. The van der Waals surface area contributed by atoms with Crippen LogP contribution in [0, 0.1) is 0 Å². The molecule has 1 aromatic carbocycles. The van der Waals surface area contributed by atoms with Crippen molar-refractivity contribution >= 4 is 0 Å². The number of aliphatic hydroxyl groups is 1. The molecule has 1 N–H and O–H groups in total. The number of ether oxygens (including phenoxy) is 1. The van der Waals surface area contributed by atoms with E-state index in [4.69, 9.17) is 14.4 Å². The Morgan fingerprint density at radius 1 is 1.03 bits per heavy atom. The van der Waals surface area contributed by atoms with E-state index in [1.165, 1.54) is 19.3 Å². The highest BCUT2D eigenvalue weighted by atomic mass is 16.5. The predicted octanol–water partition coefficient (Wildman–Crippen LogP) is 4.45. The van der Waals surface area contributed by atoms with Gasteiger partial charge in [0.15, 0.2) is 0 Å². The normalized spacial score (nSPS) is 20.4. The monoisotopic (exact) mass is 394 g/mol. The topological polar surface area (TPSA) is 86.2 Å². The Kier molecular flexibility index (Phi) is 5.16. The van der Waals surface area contributed by atoms with E-state index in [0.717, 1.165) is 54.7 Å². The lowest BCUT2D eigenvalue weighted by Gasteiger charge is -2.25. The van der Waals surface area contributed by atoms with Gasteiger partial charge in [-0.05, 0) is 31.2 Å². The van der Waals surface area contributed by atoms with Crippen molar-refractivity contribution in [3.05, 3.63) is 41.7 Å². The van der Waals surface area contributed by atoms with Crippen LogP contribution in [-0.2, 0) is 11.3 Å². The van der Waals surface area contributed by atoms with Crippen LogP contribution in [-0.4, -0.2) is 31.6 Å². The summed E-state index contributed by atoms with van der Waals surface area (Å²) < 4.78 is 13.8. The third kappa shape index (κ3) is 3.60. The van der Waals surface area contributed by atoms with Gasteiger partial charge < -0.3 is 14.4 Å². The van der Waals surface area contributed by atoms with Gasteiger partial charge in [0.1, 0.15) is 6.10 Å². The largest absolute Gasteiger partial charge is 0.392 e. The SMILES string of the molecule is OCc1ccc(-c2noc(-c3cnn(C4CCCCC4)c3C3CCCO3)n2)cc1.